The third kappa shape index (κ3) is 2.15. The first-order chi connectivity index (χ1) is 8.33. The van der Waals surface area contributed by atoms with E-state index in [4.69, 9.17) is 0 Å². The van der Waals surface area contributed by atoms with Crippen molar-refractivity contribution in [1.82, 2.24) is 24.9 Å². The first kappa shape index (κ1) is 10.7. The lowest BCUT2D eigenvalue weighted by molar-refractivity contribution is 0.366. The summed E-state index contributed by atoms with van der Waals surface area (Å²) in [6.45, 7) is 4.29. The molecule has 0 aliphatic carbocycles. The number of nitrogens with one attached hydrogen (secondary N) is 1. The Balaban J connectivity index is 1.86. The number of aromatic nitrogens is 4. The number of aryl methyl sites for hydroxylation is 1. The highest BCUT2D eigenvalue weighted by Crippen LogP contribution is 2.17. The molecule has 0 radical (unpaired) electrons. The first-order valence-electron chi connectivity index (χ1n) is 6.20. The molecular weight excluding hydrogens is 214 g/mol. The van der Waals surface area contributed by atoms with Crippen LogP contribution in [-0.4, -0.2) is 32.7 Å². The largest absolute Gasteiger partial charge is 0.317 e. The van der Waals surface area contributed by atoms with Crippen molar-refractivity contribution in [3.8, 4) is 0 Å². The molecule has 5 heteroatoms. The van der Waals surface area contributed by atoms with E-state index in [1.807, 2.05) is 17.5 Å². The third-order valence-electron chi connectivity index (χ3n) is 3.39. The van der Waals surface area contributed by atoms with Gasteiger partial charge in [0.25, 0.3) is 5.78 Å². The monoisotopic (exact) mass is 231 g/mol. The molecule has 3 heterocycles. The van der Waals surface area contributed by atoms with Gasteiger partial charge in [-0.3, -0.25) is 4.40 Å². The van der Waals surface area contributed by atoms with Gasteiger partial charge in [-0.05, 0) is 44.3 Å². The molecule has 1 aliphatic rings. The lowest BCUT2D eigenvalue weighted by Crippen LogP contribution is -2.29. The molecule has 3 rings (SSSR count). The van der Waals surface area contributed by atoms with Gasteiger partial charge in [0.15, 0.2) is 0 Å². The van der Waals surface area contributed by atoms with Crippen molar-refractivity contribution in [3.05, 3.63) is 23.8 Å². The van der Waals surface area contributed by atoms with Crippen LogP contribution < -0.4 is 5.32 Å². The topological polar surface area (TPSA) is 55.1 Å². The summed E-state index contributed by atoms with van der Waals surface area (Å²) in [5.41, 5.74) is 1.14. The maximum absolute atomic E-state index is 4.27. The van der Waals surface area contributed by atoms with Crippen LogP contribution in [-0.2, 0) is 6.42 Å². The number of hydrogen-bond donors (Lipinski definition) is 1. The van der Waals surface area contributed by atoms with Gasteiger partial charge in [-0.2, -0.15) is 0 Å². The maximum Gasteiger partial charge on any atom is 0.254 e. The fourth-order valence-corrected chi connectivity index (χ4v) is 2.41. The van der Waals surface area contributed by atoms with Crippen LogP contribution in [0.3, 0.4) is 0 Å². The molecule has 17 heavy (non-hydrogen) atoms. The highest BCUT2D eigenvalue weighted by Gasteiger charge is 2.16. The average molecular weight is 231 g/mol. The van der Waals surface area contributed by atoms with E-state index in [1.165, 1.54) is 12.8 Å². The number of nitrogens with zero attached hydrogens (tertiary/aromatic N) is 4. The molecule has 2 aromatic rings. The van der Waals surface area contributed by atoms with Crippen molar-refractivity contribution < 1.29 is 0 Å². The zero-order valence-corrected chi connectivity index (χ0v) is 10.1. The summed E-state index contributed by atoms with van der Waals surface area (Å²) >= 11 is 0. The van der Waals surface area contributed by atoms with E-state index in [0.717, 1.165) is 36.8 Å². The molecule has 1 fully saturated rings. The van der Waals surface area contributed by atoms with Crippen LogP contribution in [0, 0.1) is 12.8 Å². The van der Waals surface area contributed by atoms with Crippen LogP contribution in [0.4, 0.5) is 0 Å². The highest BCUT2D eigenvalue weighted by atomic mass is 15.3. The van der Waals surface area contributed by atoms with Gasteiger partial charge in [0.2, 0.25) is 0 Å². The van der Waals surface area contributed by atoms with E-state index < -0.39 is 0 Å². The Morgan fingerprint density at radius 3 is 3.00 bits per heavy atom. The summed E-state index contributed by atoms with van der Waals surface area (Å²) in [7, 11) is 0. The number of piperidine rings is 1. The summed E-state index contributed by atoms with van der Waals surface area (Å²) in [5, 5.41) is 11.8. The quantitative estimate of drug-likeness (QED) is 0.837. The molecule has 0 bridgehead atoms. The summed E-state index contributed by atoms with van der Waals surface area (Å²) in [5.74, 6) is 2.48. The molecule has 0 aromatic carbocycles. The smallest absolute Gasteiger partial charge is 0.254 e. The average Bonchev–Trinajstić information content (AvgIpc) is 2.73. The van der Waals surface area contributed by atoms with E-state index in [1.54, 1.807) is 0 Å². The summed E-state index contributed by atoms with van der Waals surface area (Å²) in [6.07, 6.45) is 7.37. The second-order valence-electron chi connectivity index (χ2n) is 4.82. The molecule has 1 saturated heterocycles. The molecule has 0 unspecified atom stereocenters. The normalized spacial score (nSPS) is 17.7. The molecule has 2 aromatic heterocycles. The second-order valence-corrected chi connectivity index (χ2v) is 4.82. The molecule has 5 nitrogen and oxygen atoms in total. The molecular formula is C12H17N5. The van der Waals surface area contributed by atoms with Gasteiger partial charge < -0.3 is 5.32 Å². The maximum atomic E-state index is 4.27. The molecule has 0 amide bonds. The third-order valence-corrected chi connectivity index (χ3v) is 3.39. The standard InChI is InChI=1S/C12H17N5/c1-9-7-14-12-16-15-11(17(12)8-9)6-10-2-4-13-5-3-10/h7-8,10,13H,2-6H2,1H3. The minimum Gasteiger partial charge on any atom is -0.317 e. The van der Waals surface area contributed by atoms with Gasteiger partial charge in [-0.15, -0.1) is 10.2 Å². The van der Waals surface area contributed by atoms with Gasteiger partial charge in [-0.25, -0.2) is 4.98 Å². The van der Waals surface area contributed by atoms with E-state index >= 15 is 0 Å². The van der Waals surface area contributed by atoms with Crippen LogP contribution >= 0.6 is 0 Å². The Hall–Kier alpha value is -1.49. The fraction of sp³-hybridized carbons (Fsp3) is 0.583. The molecule has 0 saturated carbocycles. The lowest BCUT2D eigenvalue weighted by atomic mass is 9.94. The van der Waals surface area contributed by atoms with Crippen molar-refractivity contribution in [2.75, 3.05) is 13.1 Å². The Labute approximate surface area is 100 Å². The summed E-state index contributed by atoms with van der Waals surface area (Å²) in [6, 6.07) is 0. The molecule has 0 atom stereocenters. The predicted octanol–water partition coefficient (Wildman–Crippen LogP) is 0.975. The van der Waals surface area contributed by atoms with Gasteiger partial charge >= 0.3 is 0 Å². The number of rotatable bonds is 2. The first-order valence-corrected chi connectivity index (χ1v) is 6.20. The zero-order valence-electron chi connectivity index (χ0n) is 10.1. The van der Waals surface area contributed by atoms with Crippen molar-refractivity contribution in [1.29, 1.82) is 0 Å². The zero-order chi connectivity index (χ0) is 11.7. The van der Waals surface area contributed by atoms with Crippen molar-refractivity contribution in [2.24, 2.45) is 5.92 Å². The van der Waals surface area contributed by atoms with Gasteiger partial charge in [-0.1, -0.05) is 0 Å². The molecule has 1 N–H and O–H groups in total. The van der Waals surface area contributed by atoms with Gasteiger partial charge in [0, 0.05) is 18.8 Å². The molecule has 1 aliphatic heterocycles. The number of hydrogen-bond acceptors (Lipinski definition) is 4. The van der Waals surface area contributed by atoms with Crippen molar-refractivity contribution in [2.45, 2.75) is 26.2 Å². The molecule has 90 valence electrons. The highest BCUT2D eigenvalue weighted by molar-refractivity contribution is 5.28. The van der Waals surface area contributed by atoms with Crippen molar-refractivity contribution >= 4 is 5.78 Å². The fourth-order valence-electron chi connectivity index (χ4n) is 2.41. The second kappa shape index (κ2) is 4.41. The van der Waals surface area contributed by atoms with Gasteiger partial charge in [0.1, 0.15) is 5.82 Å². The van der Waals surface area contributed by atoms with Crippen LogP contribution in [0.1, 0.15) is 24.2 Å². The Morgan fingerprint density at radius 2 is 2.18 bits per heavy atom. The summed E-state index contributed by atoms with van der Waals surface area (Å²) in [4.78, 5) is 4.27. The van der Waals surface area contributed by atoms with E-state index in [0.29, 0.717) is 5.78 Å². The SMILES string of the molecule is Cc1cnc2nnc(CC3CCNCC3)n2c1. The van der Waals surface area contributed by atoms with E-state index in [-0.39, 0.29) is 0 Å². The number of fused-ring (bicyclic) bond motifs is 1. The molecule has 0 spiro atoms. The predicted molar refractivity (Wildman–Crippen MR) is 64.8 cm³/mol. The Morgan fingerprint density at radius 1 is 1.35 bits per heavy atom. The van der Waals surface area contributed by atoms with Crippen molar-refractivity contribution in [3.63, 3.8) is 0 Å². The Bertz CT molecular complexity index is 513. The van der Waals surface area contributed by atoms with Crippen LogP contribution in [0.25, 0.3) is 5.78 Å². The minimum atomic E-state index is 0.708. The van der Waals surface area contributed by atoms with Gasteiger partial charge in [0.05, 0.1) is 0 Å². The lowest BCUT2D eigenvalue weighted by Gasteiger charge is -2.21. The van der Waals surface area contributed by atoms with E-state index in [2.05, 4.69) is 26.7 Å². The minimum absolute atomic E-state index is 0.708. The van der Waals surface area contributed by atoms with Crippen LogP contribution in [0.2, 0.25) is 0 Å². The van der Waals surface area contributed by atoms with Crippen LogP contribution in [0.5, 0.6) is 0 Å². The van der Waals surface area contributed by atoms with Crippen LogP contribution in [0.15, 0.2) is 12.4 Å². The Kier molecular flexibility index (Phi) is 2.76. The summed E-state index contributed by atoms with van der Waals surface area (Å²) < 4.78 is 2.03. The van der Waals surface area contributed by atoms with E-state index in [9.17, 15) is 0 Å².